The largest absolute Gasteiger partial charge is 0.457 e. The molecule has 2 aromatic carbocycles. The number of halogens is 5. The Morgan fingerprint density at radius 2 is 1.87 bits per heavy atom. The summed E-state index contributed by atoms with van der Waals surface area (Å²) in [6, 6.07) is 11.7. The average molecular weight is 484 g/mol. The van der Waals surface area contributed by atoms with E-state index in [1.807, 2.05) is 0 Å². The number of anilines is 1. The Morgan fingerprint density at radius 1 is 1.10 bits per heavy atom. The van der Waals surface area contributed by atoms with E-state index in [9.17, 15) is 22.4 Å². The Labute approximate surface area is 188 Å². The quantitative estimate of drug-likeness (QED) is 0.225. The minimum Gasteiger partial charge on any atom is -0.457 e. The second-order valence-electron chi connectivity index (χ2n) is 6.40. The third-order valence-corrected chi connectivity index (χ3v) is 5.92. The Morgan fingerprint density at radius 3 is 2.58 bits per heavy atom. The van der Waals surface area contributed by atoms with Crippen molar-refractivity contribution in [3.05, 3.63) is 81.7 Å². The van der Waals surface area contributed by atoms with Crippen LogP contribution in [0.5, 0.6) is 0 Å². The molecule has 0 radical (unpaired) electrons. The molecule has 0 saturated carbocycles. The summed E-state index contributed by atoms with van der Waals surface area (Å²) in [6.45, 7) is 0. The number of alkyl halides is 3. The van der Waals surface area contributed by atoms with E-state index in [0.717, 1.165) is 28.8 Å². The number of thioether (sulfide) groups is 1. The molecule has 4 rings (SSSR count). The Balaban J connectivity index is 1.61. The fraction of sp³-hybridized carbons (Fsp3) is 0.0476. The van der Waals surface area contributed by atoms with Crippen LogP contribution in [-0.2, 0) is 11.0 Å². The van der Waals surface area contributed by atoms with E-state index < -0.39 is 23.5 Å². The molecule has 0 N–H and O–H groups in total. The van der Waals surface area contributed by atoms with Crippen molar-refractivity contribution in [1.29, 1.82) is 0 Å². The summed E-state index contributed by atoms with van der Waals surface area (Å²) >= 11 is 11.9. The summed E-state index contributed by atoms with van der Waals surface area (Å²) in [4.78, 5) is 14.0. The van der Waals surface area contributed by atoms with Crippen LogP contribution < -0.4 is 4.90 Å². The van der Waals surface area contributed by atoms with Gasteiger partial charge in [-0.15, -0.1) is 0 Å². The van der Waals surface area contributed by atoms with Gasteiger partial charge in [0.25, 0.3) is 5.91 Å². The second-order valence-corrected chi connectivity index (χ2v) is 8.48. The molecular formula is C21H10ClF4NO2S2. The van der Waals surface area contributed by atoms with E-state index in [0.29, 0.717) is 17.1 Å². The molecule has 3 aromatic rings. The van der Waals surface area contributed by atoms with Crippen LogP contribution in [-0.4, -0.2) is 10.2 Å². The molecule has 1 aromatic heterocycles. The first-order chi connectivity index (χ1) is 14.6. The number of amides is 1. The molecule has 2 heterocycles. The molecule has 1 amide bonds. The van der Waals surface area contributed by atoms with Crippen LogP contribution in [0.3, 0.4) is 0 Å². The normalized spacial score (nSPS) is 15.9. The van der Waals surface area contributed by atoms with Crippen molar-refractivity contribution in [2.45, 2.75) is 6.18 Å². The van der Waals surface area contributed by atoms with Crippen LogP contribution in [0, 0.1) is 5.82 Å². The first-order valence-corrected chi connectivity index (χ1v) is 10.2. The number of nitrogens with zero attached hydrogens (tertiary/aromatic N) is 1. The van der Waals surface area contributed by atoms with Crippen molar-refractivity contribution < 1.29 is 26.8 Å². The number of hydrogen-bond donors (Lipinski definition) is 0. The van der Waals surface area contributed by atoms with Crippen molar-refractivity contribution in [2.24, 2.45) is 0 Å². The highest BCUT2D eigenvalue weighted by Crippen LogP contribution is 2.39. The minimum atomic E-state index is -4.54. The number of carbonyl (C=O) groups is 1. The molecule has 158 valence electrons. The molecule has 0 unspecified atom stereocenters. The number of benzene rings is 2. The molecule has 31 heavy (non-hydrogen) atoms. The van der Waals surface area contributed by atoms with Gasteiger partial charge < -0.3 is 4.42 Å². The van der Waals surface area contributed by atoms with Gasteiger partial charge in [0.2, 0.25) is 0 Å². The van der Waals surface area contributed by atoms with Gasteiger partial charge in [0.05, 0.1) is 21.2 Å². The van der Waals surface area contributed by atoms with Crippen molar-refractivity contribution >= 4 is 57.6 Å². The first-order valence-electron chi connectivity index (χ1n) is 8.64. The molecule has 1 aliphatic heterocycles. The Bertz CT molecular complexity index is 1240. The highest BCUT2D eigenvalue weighted by atomic mass is 35.5. The maximum absolute atomic E-state index is 13.3. The lowest BCUT2D eigenvalue weighted by atomic mass is 10.2. The summed E-state index contributed by atoms with van der Waals surface area (Å²) in [6.07, 6.45) is -3.10. The number of hydrogen-bond acceptors (Lipinski definition) is 4. The SMILES string of the molecule is O=C1/C(=C\c2ccc(-c3ccc(F)c(Cl)c3)o2)SC(=S)N1c1cccc(C(F)(F)F)c1. The first kappa shape index (κ1) is 21.6. The highest BCUT2D eigenvalue weighted by Gasteiger charge is 2.36. The van der Waals surface area contributed by atoms with Gasteiger partial charge in [-0.25, -0.2) is 4.39 Å². The summed E-state index contributed by atoms with van der Waals surface area (Å²) in [5, 5.41) is -0.0580. The van der Waals surface area contributed by atoms with Gasteiger partial charge in [-0.3, -0.25) is 9.69 Å². The van der Waals surface area contributed by atoms with Gasteiger partial charge in [-0.05, 0) is 48.5 Å². The van der Waals surface area contributed by atoms with Crippen LogP contribution in [0.1, 0.15) is 11.3 Å². The van der Waals surface area contributed by atoms with E-state index in [-0.39, 0.29) is 19.9 Å². The minimum absolute atomic E-state index is 0.0295. The van der Waals surface area contributed by atoms with E-state index in [1.165, 1.54) is 36.4 Å². The van der Waals surface area contributed by atoms with Gasteiger partial charge in [-0.1, -0.05) is 41.6 Å². The lowest BCUT2D eigenvalue weighted by Gasteiger charge is -2.16. The average Bonchev–Trinajstić information content (AvgIpc) is 3.28. The summed E-state index contributed by atoms with van der Waals surface area (Å²) in [5.74, 6) is -0.394. The lowest BCUT2D eigenvalue weighted by molar-refractivity contribution is -0.137. The standard InChI is InChI=1S/C21H10ClF4NO2S2/c22-15-8-11(4-6-16(15)23)17-7-5-14(29-17)10-18-19(28)27(20(30)31-18)13-3-1-2-12(9-13)21(24,25)26/h1-10H/b18-10+. The molecule has 0 atom stereocenters. The summed E-state index contributed by atoms with van der Waals surface area (Å²) in [7, 11) is 0. The van der Waals surface area contributed by atoms with Gasteiger partial charge in [0.15, 0.2) is 4.32 Å². The molecule has 0 spiro atoms. The zero-order valence-electron chi connectivity index (χ0n) is 15.2. The Kier molecular flexibility index (Phi) is 5.67. The second kappa shape index (κ2) is 8.14. The number of furan rings is 1. The lowest BCUT2D eigenvalue weighted by Crippen LogP contribution is -2.27. The van der Waals surface area contributed by atoms with Crippen molar-refractivity contribution in [1.82, 2.24) is 0 Å². The topological polar surface area (TPSA) is 33.5 Å². The Hall–Kier alpha value is -2.62. The van der Waals surface area contributed by atoms with Crippen LogP contribution >= 0.6 is 35.6 Å². The fourth-order valence-corrected chi connectivity index (χ4v) is 4.34. The highest BCUT2D eigenvalue weighted by molar-refractivity contribution is 8.27. The molecule has 0 aliphatic carbocycles. The van der Waals surface area contributed by atoms with Gasteiger partial charge >= 0.3 is 6.18 Å². The predicted molar refractivity (Wildman–Crippen MR) is 116 cm³/mol. The van der Waals surface area contributed by atoms with Crippen molar-refractivity contribution in [2.75, 3.05) is 4.90 Å². The van der Waals surface area contributed by atoms with Crippen LogP contribution in [0.2, 0.25) is 5.02 Å². The molecule has 1 fully saturated rings. The monoisotopic (exact) mass is 483 g/mol. The van der Waals surface area contributed by atoms with E-state index in [1.54, 1.807) is 12.1 Å². The van der Waals surface area contributed by atoms with Crippen molar-refractivity contribution in [3.63, 3.8) is 0 Å². The van der Waals surface area contributed by atoms with Crippen LogP contribution in [0.4, 0.5) is 23.2 Å². The van der Waals surface area contributed by atoms with Crippen molar-refractivity contribution in [3.8, 4) is 11.3 Å². The molecule has 0 bridgehead atoms. The predicted octanol–water partition coefficient (Wildman–Crippen LogP) is 7.16. The van der Waals surface area contributed by atoms with E-state index >= 15 is 0 Å². The van der Waals surface area contributed by atoms with Gasteiger partial charge in [0.1, 0.15) is 17.3 Å². The van der Waals surface area contributed by atoms with E-state index in [2.05, 4.69) is 0 Å². The van der Waals surface area contributed by atoms with E-state index in [4.69, 9.17) is 28.2 Å². The maximum Gasteiger partial charge on any atom is 0.416 e. The smallest absolute Gasteiger partial charge is 0.416 e. The van der Waals surface area contributed by atoms with Gasteiger partial charge in [0, 0.05) is 11.6 Å². The summed E-state index contributed by atoms with van der Waals surface area (Å²) < 4.78 is 58.2. The molecular weight excluding hydrogens is 474 g/mol. The molecule has 10 heteroatoms. The molecule has 1 aliphatic rings. The number of thiocarbonyl (C=S) groups is 1. The zero-order chi connectivity index (χ0) is 22.3. The van der Waals surface area contributed by atoms with Crippen LogP contribution in [0.15, 0.2) is 63.9 Å². The number of rotatable bonds is 3. The third kappa shape index (κ3) is 4.39. The molecule has 1 saturated heterocycles. The van der Waals surface area contributed by atoms with Crippen LogP contribution in [0.25, 0.3) is 17.4 Å². The summed E-state index contributed by atoms with van der Waals surface area (Å²) in [5.41, 5.74) is -0.305. The van der Waals surface area contributed by atoms with Gasteiger partial charge in [-0.2, -0.15) is 13.2 Å². The fourth-order valence-electron chi connectivity index (χ4n) is 2.88. The number of carbonyl (C=O) groups excluding carboxylic acids is 1. The zero-order valence-corrected chi connectivity index (χ0v) is 17.6. The maximum atomic E-state index is 13.3. The molecule has 3 nitrogen and oxygen atoms in total. The third-order valence-electron chi connectivity index (χ3n) is 4.33.